The monoisotopic (exact) mass is 2050 g/mol. The van der Waals surface area contributed by atoms with Crippen LogP contribution in [-0.2, 0) is 62.0 Å². The van der Waals surface area contributed by atoms with Gasteiger partial charge in [0.2, 0.25) is 22.4 Å². The minimum absolute atomic E-state index is 0.0189. The summed E-state index contributed by atoms with van der Waals surface area (Å²) >= 11 is 12.5. The van der Waals surface area contributed by atoms with E-state index in [4.69, 9.17) is 18.9 Å². The Labute approximate surface area is 790 Å². The van der Waals surface area contributed by atoms with Crippen molar-refractivity contribution in [3.8, 4) is 0 Å². The summed E-state index contributed by atoms with van der Waals surface area (Å²) in [6.45, 7) is 23.6. The summed E-state index contributed by atoms with van der Waals surface area (Å²) in [7, 11) is 7.12. The van der Waals surface area contributed by atoms with Crippen LogP contribution in [0.4, 0.5) is 51.2 Å². The van der Waals surface area contributed by atoms with Crippen LogP contribution in [0.1, 0.15) is 169 Å². The fourth-order valence-corrected chi connectivity index (χ4v) is 10.5. The van der Waals surface area contributed by atoms with E-state index in [2.05, 4.69) is 149 Å². The molecule has 38 heteroatoms. The number of carbonyl (C=O) groups is 13. The lowest BCUT2D eigenvalue weighted by Gasteiger charge is -2.27. The number of rotatable bonds is 29. The quantitative estimate of drug-likeness (QED) is 0.00400. The predicted molar refractivity (Wildman–Crippen MR) is 511 cm³/mol. The number of nitrogens with zero attached hydrogens (tertiary/aromatic N) is 6. The van der Waals surface area contributed by atoms with Gasteiger partial charge in [-0.1, -0.05) is 142 Å². The van der Waals surface area contributed by atoms with Crippen LogP contribution in [-0.4, -0.2) is 147 Å². The summed E-state index contributed by atoms with van der Waals surface area (Å²) in [5, 5.41) is 69.4. The van der Waals surface area contributed by atoms with E-state index in [9.17, 15) is 77.6 Å². The Kier molecular flexibility index (Phi) is 43.4. The molecule has 0 aliphatic rings. The SMILES string of the molecule is C=Cc1ccccc1.CC(C)(Br)C(=O)Br.COC(=O)c1ccc(C(=O)OC)c(N=NC(C(=O)Nc2ccc(NC(=O)C(C)(C)Br)cc2)=C(C)O)c1.COC(=O)c1ccc(C(=O)OC)c(N=NC(C(=O)Nc2ccc(NC(=O)C(C)(C)Br)cc2)=C(C)O)c1.COC(=O)c1ccc(C(=O)OC)c(N=NC(C(=O)Nc2ccc(NC(=O)C(C)(C)CC(C)c3ccccc3)cc2)=C(C)O)c1. The number of azo groups is 3. The van der Waals surface area contributed by atoms with Crippen LogP contribution in [0.25, 0.3) is 6.08 Å². The van der Waals surface area contributed by atoms with E-state index < -0.39 is 106 Å². The highest BCUT2D eigenvalue weighted by molar-refractivity contribution is 9.20. The molecule has 8 aromatic carbocycles. The van der Waals surface area contributed by atoms with Gasteiger partial charge in [-0.25, -0.2) is 28.8 Å². The van der Waals surface area contributed by atoms with Crippen LogP contribution in [0, 0.1) is 5.41 Å². The highest BCUT2D eigenvalue weighted by Gasteiger charge is 2.32. The molecular weight excluding hydrogens is 1960 g/mol. The predicted octanol–water partition coefficient (Wildman–Crippen LogP) is 21.1. The topological polar surface area (TPSA) is 484 Å². The zero-order valence-electron chi connectivity index (χ0n) is 74.8. The van der Waals surface area contributed by atoms with Crippen molar-refractivity contribution in [3.63, 3.8) is 0 Å². The second-order valence-electron chi connectivity index (χ2n) is 29.7. The molecule has 0 spiro atoms. The molecule has 1 unspecified atom stereocenters. The normalized spacial score (nSPS) is 11.9. The summed E-state index contributed by atoms with van der Waals surface area (Å²) in [4.78, 5) is 158. The summed E-state index contributed by atoms with van der Waals surface area (Å²) in [5.41, 5.74) is 3.01. The minimum atomic E-state index is -0.791. The van der Waals surface area contributed by atoms with Crippen LogP contribution in [0.2, 0.25) is 0 Å². The molecule has 8 aromatic rings. The van der Waals surface area contributed by atoms with Crippen LogP contribution in [0.3, 0.4) is 0 Å². The third-order valence-corrected chi connectivity index (χ3v) is 20.1. The van der Waals surface area contributed by atoms with Crippen LogP contribution < -0.4 is 31.9 Å². The maximum Gasteiger partial charge on any atom is 0.340 e. The number of aliphatic hydroxyl groups excluding tert-OH is 3. The van der Waals surface area contributed by atoms with Gasteiger partial charge in [0.15, 0.2) is 17.1 Å². The molecule has 1 atom stereocenters. The lowest BCUT2D eigenvalue weighted by atomic mass is 9.80. The van der Waals surface area contributed by atoms with Gasteiger partial charge in [0.05, 0.1) is 89.0 Å². The summed E-state index contributed by atoms with van der Waals surface area (Å²) in [6.07, 6.45) is 2.48. The molecule has 0 aliphatic carbocycles. The van der Waals surface area contributed by atoms with Gasteiger partial charge in [-0.15, -0.1) is 30.7 Å². The zero-order chi connectivity index (χ0) is 98.4. The van der Waals surface area contributed by atoms with Crippen molar-refractivity contribution >= 4 is 197 Å². The molecule has 0 fully saturated rings. The lowest BCUT2D eigenvalue weighted by Crippen LogP contribution is -2.32. The molecular formula is C93H100Br4N12O22. The van der Waals surface area contributed by atoms with E-state index in [-0.39, 0.29) is 78.8 Å². The smallest absolute Gasteiger partial charge is 0.340 e. The first-order chi connectivity index (χ1) is 61.5. The fraction of sp³-hybridized carbons (Fsp3) is 0.258. The molecule has 9 N–H and O–H groups in total. The van der Waals surface area contributed by atoms with Crippen LogP contribution >= 0.6 is 63.7 Å². The van der Waals surface area contributed by atoms with Crippen molar-refractivity contribution in [1.29, 1.82) is 0 Å². The summed E-state index contributed by atoms with van der Waals surface area (Å²) in [5.74, 6) is -8.38. The number of nitrogens with one attached hydrogen (secondary N) is 6. The number of hydrogen-bond acceptors (Lipinski definition) is 28. The number of hydrogen-bond donors (Lipinski definition) is 9. The second kappa shape index (κ2) is 52.0. The number of aliphatic hydroxyl groups is 3. The van der Waals surface area contributed by atoms with Gasteiger partial charge in [-0.3, -0.25) is 33.6 Å². The molecule has 0 saturated heterocycles. The van der Waals surface area contributed by atoms with Gasteiger partial charge >= 0.3 is 35.8 Å². The average Bonchev–Trinajstić information content (AvgIpc) is 0.847. The van der Waals surface area contributed by atoms with Gasteiger partial charge < -0.3 is 75.6 Å². The van der Waals surface area contributed by atoms with E-state index in [1.54, 1.807) is 114 Å². The highest BCUT2D eigenvalue weighted by Crippen LogP contribution is 2.35. The molecule has 0 aliphatic heterocycles. The molecule has 6 amide bonds. The van der Waals surface area contributed by atoms with Crippen molar-refractivity contribution in [2.24, 2.45) is 36.1 Å². The van der Waals surface area contributed by atoms with E-state index in [0.29, 0.717) is 40.5 Å². The Morgan fingerprint density at radius 3 is 0.832 bits per heavy atom. The van der Waals surface area contributed by atoms with Crippen molar-refractivity contribution < 1.29 is 106 Å². The highest BCUT2D eigenvalue weighted by atomic mass is 79.9. The first-order valence-corrected chi connectivity index (χ1v) is 42.2. The average molecular weight is 2060 g/mol. The third-order valence-electron chi connectivity index (χ3n) is 17.5. The molecule has 0 bridgehead atoms. The van der Waals surface area contributed by atoms with Gasteiger partial charge in [-0.2, -0.15) is 0 Å². The minimum Gasteiger partial charge on any atom is -0.510 e. The Balaban J connectivity index is 0.000000381. The maximum absolute atomic E-state index is 13.1. The molecule has 0 radical (unpaired) electrons. The van der Waals surface area contributed by atoms with Crippen LogP contribution in [0.15, 0.2) is 260 Å². The number of alkyl halides is 3. The Bertz CT molecular complexity index is 5460. The Morgan fingerprint density at radius 1 is 0.366 bits per heavy atom. The van der Waals surface area contributed by atoms with Crippen LogP contribution in [0.5, 0.6) is 0 Å². The molecule has 0 heterocycles. The number of allylic oxidation sites excluding steroid dienone is 3. The third kappa shape index (κ3) is 36.0. The Morgan fingerprint density at radius 2 is 0.611 bits per heavy atom. The standard InChI is InChI=1S/C33H36N4O7.2C24H25BrN4O7.C8H8.C4H6Br2O/c1-20(22-10-8-7-9-11-22)19-33(3,4)32(42)35-25-15-13-24(14-16-25)34-29(39)28(21(2)38)37-36-27-18-23(30(40)43-5)12-17-26(27)31(41)44-6;2*1-13(30)19(20(31)26-15-7-9-16(10-8-15)27-23(34)24(2,3)25)29-28-18-12-14(21(32)35-4)6-11-17(18)22(33)36-5;1-2-8-6-4-3-5-7-8;1-4(2,6)3(5)7/h7-18,20,38H,19H2,1-6H3,(H,34,39)(H,35,42);2*6-12,30H,1-5H3,(H,26,31)(H,27,34);2-7H,1H2;1-2H3. The number of methoxy groups -OCH3 is 6. The first kappa shape index (κ1) is 109. The number of esters is 6. The van der Waals surface area contributed by atoms with Gasteiger partial charge in [0.25, 0.3) is 17.7 Å². The molecule has 34 nitrogen and oxygen atoms in total. The molecule has 131 heavy (non-hydrogen) atoms. The van der Waals surface area contributed by atoms with Gasteiger partial charge in [0, 0.05) is 39.5 Å². The second-order valence-corrected chi connectivity index (χ2v) is 36.4. The van der Waals surface area contributed by atoms with E-state index in [0.717, 1.165) is 5.56 Å². The van der Waals surface area contributed by atoms with Gasteiger partial charge in [0.1, 0.15) is 34.3 Å². The fourth-order valence-electron chi connectivity index (χ4n) is 10.3. The van der Waals surface area contributed by atoms with Gasteiger partial charge in [-0.05, 0) is 229 Å². The summed E-state index contributed by atoms with van der Waals surface area (Å²) in [6, 6.07) is 50.8. The van der Waals surface area contributed by atoms with Crippen molar-refractivity contribution in [2.45, 2.75) is 108 Å². The van der Waals surface area contributed by atoms with Crippen molar-refractivity contribution in [3.05, 3.63) is 274 Å². The number of anilines is 6. The molecule has 0 aromatic heterocycles. The number of ether oxygens (including phenoxy) is 6. The molecule has 692 valence electrons. The number of carbonyl (C=O) groups excluding carboxylic acids is 13. The zero-order valence-corrected chi connectivity index (χ0v) is 81.1. The molecule has 8 rings (SSSR count). The number of halogens is 4. The Hall–Kier alpha value is -13.9. The van der Waals surface area contributed by atoms with E-state index in [1.165, 1.54) is 124 Å². The first-order valence-electron chi connectivity index (χ1n) is 39.0. The number of amides is 6. The largest absolute Gasteiger partial charge is 0.510 e. The number of benzene rings is 8. The molecule has 0 saturated carbocycles. The lowest BCUT2D eigenvalue weighted by molar-refractivity contribution is -0.124. The summed E-state index contributed by atoms with van der Waals surface area (Å²) < 4.78 is 26.2. The van der Waals surface area contributed by atoms with Crippen molar-refractivity contribution in [1.82, 2.24) is 0 Å². The van der Waals surface area contributed by atoms with E-state index in [1.807, 2.05) is 80.6 Å². The van der Waals surface area contributed by atoms with E-state index >= 15 is 0 Å². The van der Waals surface area contributed by atoms with Crippen molar-refractivity contribution in [2.75, 3.05) is 74.6 Å². The maximum atomic E-state index is 13.1.